The zero-order chi connectivity index (χ0) is 42.2. The molecule has 2 aliphatic rings. The molecule has 17 heteroatoms. The summed E-state index contributed by atoms with van der Waals surface area (Å²) in [6, 6.07) is 12.7. The van der Waals surface area contributed by atoms with Gasteiger partial charge in [-0.3, -0.25) is 23.9 Å². The van der Waals surface area contributed by atoms with Gasteiger partial charge >= 0.3 is 0 Å². The maximum Gasteiger partial charge on any atom is 0.291 e. The number of halogens is 4. The van der Waals surface area contributed by atoms with Crippen LogP contribution in [0.25, 0.3) is 22.4 Å². The second kappa shape index (κ2) is 16.7. The van der Waals surface area contributed by atoms with E-state index in [9.17, 15) is 23.6 Å². The molecule has 0 unspecified atom stereocenters. The van der Waals surface area contributed by atoms with E-state index in [1.54, 1.807) is 17.9 Å². The lowest BCUT2D eigenvalue weighted by Crippen LogP contribution is -2.54. The smallest absolute Gasteiger partial charge is 0.291 e. The van der Waals surface area contributed by atoms with E-state index in [1.165, 1.54) is 77.2 Å². The van der Waals surface area contributed by atoms with Crippen LogP contribution in [0.5, 0.6) is 0 Å². The van der Waals surface area contributed by atoms with Crippen molar-refractivity contribution in [3.8, 4) is 22.4 Å². The summed E-state index contributed by atoms with van der Waals surface area (Å²) in [4.78, 5) is 60.2. The van der Waals surface area contributed by atoms with E-state index in [0.717, 1.165) is 30.4 Å². The van der Waals surface area contributed by atoms with E-state index in [-0.39, 0.29) is 74.4 Å². The first-order valence-corrected chi connectivity index (χ1v) is 19.6. The first-order valence-electron chi connectivity index (χ1n) is 19.2. The van der Waals surface area contributed by atoms with Gasteiger partial charge in [0.25, 0.3) is 11.8 Å². The lowest BCUT2D eigenvalue weighted by Gasteiger charge is -2.40. The molecule has 0 atom stereocenters. The van der Waals surface area contributed by atoms with Gasteiger partial charge in [-0.2, -0.15) is 5.10 Å². The highest BCUT2D eigenvalue weighted by atomic mass is 35.5. The van der Waals surface area contributed by atoms with Crippen molar-refractivity contribution in [3.63, 3.8) is 0 Å². The topological polar surface area (TPSA) is 134 Å². The molecule has 7 rings (SSSR count). The second-order valence-corrected chi connectivity index (χ2v) is 16.0. The van der Waals surface area contributed by atoms with Crippen LogP contribution in [0.3, 0.4) is 0 Å². The maximum atomic E-state index is 15.7. The van der Waals surface area contributed by atoms with Gasteiger partial charge in [-0.15, -0.1) is 0 Å². The van der Waals surface area contributed by atoms with Gasteiger partial charge in [0, 0.05) is 86.2 Å². The molecule has 0 radical (unpaired) electrons. The number of nitrogens with one attached hydrogen (secondary N) is 2. The number of benzene rings is 3. The van der Waals surface area contributed by atoms with Gasteiger partial charge in [0.15, 0.2) is 17.5 Å². The van der Waals surface area contributed by atoms with Crippen LogP contribution in [0.1, 0.15) is 39.5 Å². The summed E-state index contributed by atoms with van der Waals surface area (Å²) >= 11 is 6.55. The molecule has 3 aromatic carbocycles. The largest absolute Gasteiger partial charge is 0.339 e. The van der Waals surface area contributed by atoms with Gasteiger partial charge in [-0.25, -0.2) is 18.2 Å². The minimum Gasteiger partial charge on any atom is -0.339 e. The number of hydrogen-bond acceptors (Lipinski definition) is 6. The average Bonchev–Trinajstić information content (AvgIpc) is 3.76. The Morgan fingerprint density at radius 2 is 1.51 bits per heavy atom. The molecule has 2 aliphatic heterocycles. The van der Waals surface area contributed by atoms with E-state index in [2.05, 4.69) is 34.8 Å². The number of piperidine rings is 1. The zero-order valence-corrected chi connectivity index (χ0v) is 33.8. The monoisotopic (exact) mass is 830 g/mol. The molecule has 308 valence electrons. The van der Waals surface area contributed by atoms with Crippen LogP contribution in [-0.2, 0) is 23.2 Å². The van der Waals surface area contributed by atoms with Gasteiger partial charge in [-0.05, 0) is 49.4 Å². The van der Waals surface area contributed by atoms with Crippen molar-refractivity contribution < 1.29 is 36.8 Å². The summed E-state index contributed by atoms with van der Waals surface area (Å²) in [6.07, 6.45) is 4.40. The minimum atomic E-state index is -1.18. The van der Waals surface area contributed by atoms with Gasteiger partial charge in [0.2, 0.25) is 11.8 Å². The van der Waals surface area contributed by atoms with Crippen LogP contribution in [0.2, 0.25) is 5.02 Å². The van der Waals surface area contributed by atoms with E-state index < -0.39 is 29.3 Å². The molecule has 0 spiro atoms. The van der Waals surface area contributed by atoms with Gasteiger partial charge in [-0.1, -0.05) is 23.7 Å². The molecule has 5 aromatic rings. The molecule has 2 aromatic heterocycles. The summed E-state index contributed by atoms with van der Waals surface area (Å²) in [7, 11) is 5.84. The standard InChI is InChI=1S/C42H43ClF3N9O4/c1-25-33(23-54(50-25)24-36(56)48-28-7-5-6-27(44)20-28)30-10-11-32(38(46)37(30)45)35-22-47-39(51(35)2)40(57)49-29-8-9-31(34(43)21-29)42(59)53-16-14-52(15-17-53)41(58)26-12-18-55(3,4)19-13-26/h5-11,20-23,26H,12-19,24H2,1-4H3,(H-,48,49,56,57,59)/p+1. The fraction of sp³-hybridized carbons (Fsp3) is 0.333. The van der Waals surface area contributed by atoms with Crippen molar-refractivity contribution in [3.05, 3.63) is 107 Å². The minimum absolute atomic E-state index is 0.0213. The summed E-state index contributed by atoms with van der Waals surface area (Å²) < 4.78 is 48.5. The van der Waals surface area contributed by atoms with Crippen LogP contribution < -0.4 is 10.6 Å². The lowest BCUT2D eigenvalue weighted by molar-refractivity contribution is -0.895. The van der Waals surface area contributed by atoms with Crippen LogP contribution in [0.15, 0.2) is 67.0 Å². The van der Waals surface area contributed by atoms with Crippen molar-refractivity contribution in [2.24, 2.45) is 13.0 Å². The molecule has 0 bridgehead atoms. The summed E-state index contributed by atoms with van der Waals surface area (Å²) in [5.41, 5.74) is 1.30. The van der Waals surface area contributed by atoms with Gasteiger partial charge < -0.3 is 29.5 Å². The van der Waals surface area contributed by atoms with Crippen LogP contribution in [-0.4, -0.2) is 111 Å². The Bertz CT molecular complexity index is 2450. The number of likely N-dealkylation sites (tertiary alicyclic amines) is 1. The van der Waals surface area contributed by atoms with Crippen LogP contribution in [0, 0.1) is 30.3 Å². The Labute approximate surface area is 343 Å². The quantitative estimate of drug-likeness (QED) is 0.176. The third-order valence-corrected chi connectivity index (χ3v) is 11.4. The number of carbonyl (C=O) groups is 4. The summed E-state index contributed by atoms with van der Waals surface area (Å²) in [5.74, 6) is -4.20. The first kappa shape index (κ1) is 41.2. The fourth-order valence-corrected chi connectivity index (χ4v) is 7.89. The van der Waals surface area contributed by atoms with Gasteiger partial charge in [0.05, 0.1) is 55.4 Å². The third kappa shape index (κ3) is 8.88. The maximum absolute atomic E-state index is 15.7. The Kier molecular flexibility index (Phi) is 11.7. The Hall–Kier alpha value is -6.00. The van der Waals surface area contributed by atoms with Crippen molar-refractivity contribution in [1.29, 1.82) is 0 Å². The number of hydrogen-bond donors (Lipinski definition) is 2. The highest BCUT2D eigenvalue weighted by Gasteiger charge is 2.35. The van der Waals surface area contributed by atoms with Crippen molar-refractivity contribution >= 4 is 46.6 Å². The van der Waals surface area contributed by atoms with Gasteiger partial charge in [0.1, 0.15) is 12.4 Å². The van der Waals surface area contributed by atoms with Crippen LogP contribution in [0.4, 0.5) is 24.5 Å². The van der Waals surface area contributed by atoms with Crippen molar-refractivity contribution in [2.45, 2.75) is 26.3 Å². The molecular formula is C42H44ClF3N9O4+. The molecule has 0 saturated carbocycles. The average molecular weight is 831 g/mol. The Balaban J connectivity index is 0.973. The first-order chi connectivity index (χ1) is 28.1. The second-order valence-electron chi connectivity index (χ2n) is 15.6. The molecule has 13 nitrogen and oxygen atoms in total. The number of amides is 4. The van der Waals surface area contributed by atoms with Crippen molar-refractivity contribution in [2.75, 3.05) is 64.0 Å². The van der Waals surface area contributed by atoms with E-state index >= 15 is 8.78 Å². The molecule has 59 heavy (non-hydrogen) atoms. The highest BCUT2D eigenvalue weighted by Crippen LogP contribution is 2.33. The molecule has 4 amide bonds. The fourth-order valence-electron chi connectivity index (χ4n) is 7.63. The summed E-state index contributed by atoms with van der Waals surface area (Å²) in [5, 5.41) is 9.66. The summed E-state index contributed by atoms with van der Waals surface area (Å²) in [6.45, 7) is 4.93. The number of aryl methyl sites for hydroxylation is 1. The van der Waals surface area contributed by atoms with E-state index in [1.807, 2.05) is 4.90 Å². The van der Waals surface area contributed by atoms with E-state index in [0.29, 0.717) is 31.9 Å². The number of piperazine rings is 1. The number of aromatic nitrogens is 4. The Morgan fingerprint density at radius 1 is 0.847 bits per heavy atom. The molecule has 4 heterocycles. The lowest BCUT2D eigenvalue weighted by atomic mass is 9.94. The number of carbonyl (C=O) groups excluding carboxylic acids is 4. The molecule has 0 aliphatic carbocycles. The molecule has 2 fully saturated rings. The predicted octanol–water partition coefficient (Wildman–Crippen LogP) is 5.99. The number of anilines is 2. The predicted molar refractivity (Wildman–Crippen MR) is 216 cm³/mol. The molecular weight excluding hydrogens is 787 g/mol. The molecule has 2 saturated heterocycles. The zero-order valence-electron chi connectivity index (χ0n) is 33.1. The van der Waals surface area contributed by atoms with Crippen LogP contribution >= 0.6 is 11.6 Å². The van der Waals surface area contributed by atoms with E-state index in [4.69, 9.17) is 11.6 Å². The highest BCUT2D eigenvalue weighted by molar-refractivity contribution is 6.34. The number of quaternary nitrogens is 1. The SMILES string of the molecule is Cc1nn(CC(=O)Nc2cccc(F)c2)cc1-c1ccc(-c2cnc(C(=O)Nc3ccc(C(=O)N4CCN(C(=O)C5CC[N+](C)(C)CC5)CC4)c(Cl)c3)n2C)c(F)c1F. The number of imidazole rings is 1. The van der Waals surface area contributed by atoms with Crippen molar-refractivity contribution in [1.82, 2.24) is 29.1 Å². The number of rotatable bonds is 9. The normalized spacial score (nSPS) is 15.6. The molecule has 2 N–H and O–H groups in total. The number of nitrogens with zero attached hydrogens (tertiary/aromatic N) is 7. The Morgan fingerprint density at radius 3 is 2.20 bits per heavy atom. The third-order valence-electron chi connectivity index (χ3n) is 11.1.